The molecule has 0 unspecified atom stereocenters. The zero-order valence-electron chi connectivity index (χ0n) is 8.43. The Balaban J connectivity index is 2.72. The van der Waals surface area contributed by atoms with Crippen LogP contribution >= 0.6 is 0 Å². The lowest BCUT2D eigenvalue weighted by Gasteiger charge is -1.95. The van der Waals surface area contributed by atoms with E-state index in [9.17, 15) is 4.79 Å². The average molecular weight is 201 g/mol. The lowest BCUT2D eigenvalue weighted by atomic mass is 10.1. The number of carbonyl (C=O) groups excluding carboxylic acids is 1. The number of benzene rings is 1. The average Bonchev–Trinajstić information content (AvgIpc) is 2.27. The molecule has 3 heteroatoms. The summed E-state index contributed by atoms with van der Waals surface area (Å²) in [5.41, 5.74) is 1.38. The maximum atomic E-state index is 11.0. The van der Waals surface area contributed by atoms with Crippen LogP contribution in [-0.4, -0.2) is 12.6 Å². The summed E-state index contributed by atoms with van der Waals surface area (Å²) in [6, 6.07) is 9.03. The van der Waals surface area contributed by atoms with E-state index in [2.05, 4.69) is 0 Å². The highest BCUT2D eigenvalue weighted by Crippen LogP contribution is 2.05. The predicted octanol–water partition coefficient (Wildman–Crippen LogP) is 2.13. The lowest BCUT2D eigenvalue weighted by Crippen LogP contribution is -1.98. The van der Waals surface area contributed by atoms with Crippen molar-refractivity contribution in [1.82, 2.24) is 0 Å². The molecule has 0 bridgehead atoms. The van der Waals surface area contributed by atoms with Gasteiger partial charge in [-0.3, -0.25) is 0 Å². The molecule has 0 saturated carbocycles. The van der Waals surface area contributed by atoms with Crippen molar-refractivity contribution < 1.29 is 9.53 Å². The molecule has 0 spiro atoms. The van der Waals surface area contributed by atoms with Gasteiger partial charge in [-0.05, 0) is 30.7 Å². The Morgan fingerprint density at radius 1 is 1.60 bits per heavy atom. The minimum Gasteiger partial charge on any atom is -0.463 e. The second-order valence-corrected chi connectivity index (χ2v) is 2.82. The Morgan fingerprint density at radius 3 is 3.07 bits per heavy atom. The van der Waals surface area contributed by atoms with Crippen molar-refractivity contribution in [2.45, 2.75) is 6.92 Å². The van der Waals surface area contributed by atoms with Crippen molar-refractivity contribution in [2.24, 2.45) is 0 Å². The van der Waals surface area contributed by atoms with Crippen LogP contribution in [0, 0.1) is 11.3 Å². The van der Waals surface area contributed by atoms with Crippen LogP contribution in [-0.2, 0) is 9.53 Å². The Morgan fingerprint density at radius 2 is 2.40 bits per heavy atom. The van der Waals surface area contributed by atoms with E-state index in [0.29, 0.717) is 12.2 Å². The molecular weight excluding hydrogens is 190 g/mol. The zero-order chi connectivity index (χ0) is 11.1. The lowest BCUT2D eigenvalue weighted by molar-refractivity contribution is -0.137. The van der Waals surface area contributed by atoms with Crippen molar-refractivity contribution in [3.05, 3.63) is 41.5 Å². The van der Waals surface area contributed by atoms with Crippen LogP contribution in [0.2, 0.25) is 0 Å². The molecule has 0 aliphatic rings. The monoisotopic (exact) mass is 201 g/mol. The topological polar surface area (TPSA) is 50.1 Å². The number of ether oxygens (including phenoxy) is 1. The summed E-state index contributed by atoms with van der Waals surface area (Å²) in [6.45, 7) is 2.11. The van der Waals surface area contributed by atoms with Gasteiger partial charge in [0.1, 0.15) is 0 Å². The van der Waals surface area contributed by atoms with Gasteiger partial charge in [0.05, 0.1) is 18.2 Å². The molecule has 0 amide bonds. The van der Waals surface area contributed by atoms with Crippen molar-refractivity contribution >= 4 is 12.0 Å². The van der Waals surface area contributed by atoms with E-state index in [0.717, 1.165) is 5.56 Å². The van der Waals surface area contributed by atoms with Crippen molar-refractivity contribution in [2.75, 3.05) is 6.61 Å². The summed E-state index contributed by atoms with van der Waals surface area (Å²) in [6.07, 6.45) is 2.97. The number of nitriles is 1. The first-order valence-electron chi connectivity index (χ1n) is 4.61. The van der Waals surface area contributed by atoms with Gasteiger partial charge in [0, 0.05) is 6.08 Å². The fourth-order valence-corrected chi connectivity index (χ4v) is 1.07. The smallest absolute Gasteiger partial charge is 0.330 e. The third-order valence-corrected chi connectivity index (χ3v) is 1.71. The van der Waals surface area contributed by atoms with E-state index in [4.69, 9.17) is 10.00 Å². The molecule has 0 aliphatic heterocycles. The van der Waals surface area contributed by atoms with E-state index in [1.807, 2.05) is 12.1 Å². The summed E-state index contributed by atoms with van der Waals surface area (Å²) >= 11 is 0. The number of hydrogen-bond acceptors (Lipinski definition) is 3. The van der Waals surface area contributed by atoms with Crippen LogP contribution in [0.5, 0.6) is 0 Å². The number of rotatable bonds is 3. The first-order valence-corrected chi connectivity index (χ1v) is 4.61. The molecule has 0 aromatic heterocycles. The van der Waals surface area contributed by atoms with Crippen LogP contribution in [0.3, 0.4) is 0 Å². The third kappa shape index (κ3) is 3.65. The highest BCUT2D eigenvalue weighted by molar-refractivity contribution is 5.87. The Hall–Kier alpha value is -2.08. The number of hydrogen-bond donors (Lipinski definition) is 0. The second-order valence-electron chi connectivity index (χ2n) is 2.82. The SMILES string of the molecule is CCOC(=O)/C=C\c1cccc(C#N)c1. The summed E-state index contributed by atoms with van der Waals surface area (Å²) in [5.74, 6) is -0.375. The number of nitrogens with zero attached hydrogens (tertiary/aromatic N) is 1. The zero-order valence-corrected chi connectivity index (χ0v) is 8.43. The normalized spacial score (nSPS) is 9.87. The van der Waals surface area contributed by atoms with Crippen molar-refractivity contribution in [1.29, 1.82) is 5.26 Å². The van der Waals surface area contributed by atoms with Gasteiger partial charge in [-0.1, -0.05) is 12.1 Å². The predicted molar refractivity (Wildman–Crippen MR) is 56.8 cm³/mol. The van der Waals surface area contributed by atoms with Gasteiger partial charge in [-0.25, -0.2) is 4.79 Å². The summed E-state index contributed by atoms with van der Waals surface area (Å²) < 4.78 is 4.73. The maximum Gasteiger partial charge on any atom is 0.330 e. The fraction of sp³-hybridized carbons (Fsp3) is 0.167. The van der Waals surface area contributed by atoms with Crippen LogP contribution in [0.15, 0.2) is 30.3 Å². The second kappa shape index (κ2) is 5.61. The highest BCUT2D eigenvalue weighted by atomic mass is 16.5. The minimum absolute atomic E-state index is 0.363. The molecule has 3 nitrogen and oxygen atoms in total. The first kappa shape index (κ1) is 11.0. The number of esters is 1. The van der Waals surface area contributed by atoms with Crippen molar-refractivity contribution in [3.63, 3.8) is 0 Å². The standard InChI is InChI=1S/C12H11NO2/c1-2-15-12(14)7-6-10-4-3-5-11(8-10)9-13/h3-8H,2H2,1H3/b7-6-. The van der Waals surface area contributed by atoms with Gasteiger partial charge in [-0.2, -0.15) is 5.26 Å². The first-order chi connectivity index (χ1) is 7.26. The number of carbonyl (C=O) groups is 1. The fourth-order valence-electron chi connectivity index (χ4n) is 1.07. The van der Waals surface area contributed by atoms with E-state index in [-0.39, 0.29) is 5.97 Å². The molecule has 0 saturated heterocycles. The quantitative estimate of drug-likeness (QED) is 0.556. The highest BCUT2D eigenvalue weighted by Gasteiger charge is 1.94. The Kier molecular flexibility index (Phi) is 4.11. The van der Waals surface area contributed by atoms with Crippen molar-refractivity contribution in [3.8, 4) is 6.07 Å². The van der Waals surface area contributed by atoms with Crippen LogP contribution < -0.4 is 0 Å². The van der Waals surface area contributed by atoms with Gasteiger partial charge in [0.25, 0.3) is 0 Å². The molecule has 1 rings (SSSR count). The van der Waals surface area contributed by atoms with E-state index in [1.54, 1.807) is 31.2 Å². The molecule has 0 fully saturated rings. The van der Waals surface area contributed by atoms with E-state index >= 15 is 0 Å². The molecule has 0 heterocycles. The molecule has 1 aromatic carbocycles. The molecule has 76 valence electrons. The van der Waals surface area contributed by atoms with Crippen LogP contribution in [0.4, 0.5) is 0 Å². The summed E-state index contributed by atoms with van der Waals surface area (Å²) in [5, 5.41) is 8.66. The molecule has 0 aliphatic carbocycles. The molecule has 1 aromatic rings. The van der Waals surface area contributed by atoms with Gasteiger partial charge in [0.15, 0.2) is 0 Å². The maximum absolute atomic E-state index is 11.0. The Bertz CT molecular complexity index is 416. The van der Waals surface area contributed by atoms with Crippen LogP contribution in [0.1, 0.15) is 18.1 Å². The molecule has 0 atom stereocenters. The summed E-state index contributed by atoms with van der Waals surface area (Å²) in [4.78, 5) is 11.0. The summed E-state index contributed by atoms with van der Waals surface area (Å²) in [7, 11) is 0. The molecule has 0 radical (unpaired) electrons. The molecular formula is C12H11NO2. The van der Waals surface area contributed by atoms with Gasteiger partial charge >= 0.3 is 5.97 Å². The largest absolute Gasteiger partial charge is 0.463 e. The van der Waals surface area contributed by atoms with Gasteiger partial charge < -0.3 is 4.74 Å². The third-order valence-electron chi connectivity index (χ3n) is 1.71. The molecule has 15 heavy (non-hydrogen) atoms. The van der Waals surface area contributed by atoms with Gasteiger partial charge in [0.2, 0.25) is 0 Å². The van der Waals surface area contributed by atoms with Gasteiger partial charge in [-0.15, -0.1) is 0 Å². The minimum atomic E-state index is -0.375. The van der Waals surface area contributed by atoms with Crippen LogP contribution in [0.25, 0.3) is 6.08 Å². The van der Waals surface area contributed by atoms with E-state index < -0.39 is 0 Å². The van der Waals surface area contributed by atoms with E-state index in [1.165, 1.54) is 6.08 Å². The Labute approximate surface area is 88.6 Å². The molecule has 0 N–H and O–H groups in total.